The molecule has 1 saturated heterocycles. The van der Waals surface area contributed by atoms with E-state index in [-0.39, 0.29) is 16.9 Å². The highest BCUT2D eigenvalue weighted by Crippen LogP contribution is 2.31. The molecule has 1 aliphatic heterocycles. The number of aromatic amines is 1. The molecule has 1 fully saturated rings. The molecule has 0 spiro atoms. The first kappa shape index (κ1) is 15.8. The van der Waals surface area contributed by atoms with E-state index in [1.807, 2.05) is 0 Å². The van der Waals surface area contributed by atoms with Crippen molar-refractivity contribution in [3.05, 3.63) is 43.7 Å². The van der Waals surface area contributed by atoms with Crippen LogP contribution in [-0.2, 0) is 4.74 Å². The van der Waals surface area contributed by atoms with Crippen molar-refractivity contribution in [3.8, 4) is 0 Å². The maximum Gasteiger partial charge on any atom is 0.280 e. The molecule has 0 saturated carbocycles. The van der Waals surface area contributed by atoms with Gasteiger partial charge in [-0.1, -0.05) is 0 Å². The first-order valence-corrected chi connectivity index (χ1v) is 7.10. The van der Waals surface area contributed by atoms with E-state index in [9.17, 15) is 19.8 Å². The van der Waals surface area contributed by atoms with E-state index in [1.165, 1.54) is 10.6 Å². The topological polar surface area (TPSA) is 137 Å². The molecule has 0 amide bonds. The first-order chi connectivity index (χ1) is 10.8. The van der Waals surface area contributed by atoms with Gasteiger partial charge in [0.05, 0.1) is 12.2 Å². The third-order valence-corrected chi connectivity index (χ3v) is 4.27. The summed E-state index contributed by atoms with van der Waals surface area (Å²) in [5, 5.41) is 29.0. The molecule has 23 heavy (non-hydrogen) atoms. The van der Waals surface area contributed by atoms with Gasteiger partial charge >= 0.3 is 0 Å². The van der Waals surface area contributed by atoms with Crippen molar-refractivity contribution in [3.63, 3.8) is 0 Å². The largest absolute Gasteiger partial charge is 0.394 e. The maximum atomic E-state index is 12.2. The molecule has 1 aliphatic rings. The standard InChI is InChI=1S/C14H17N3O6/c1-5-6(2)17-3-7(13(22)16-14(17)15-12(5)21)11-10(20)9(19)8(4-18)23-11/h3,8-11,18-20H,4H2,1-2H3,(H,15,16,21,22)/t8-,9?,10?,11+/m1/s1. The highest BCUT2D eigenvalue weighted by Gasteiger charge is 2.44. The number of H-pyrrole nitrogens is 1. The third kappa shape index (κ3) is 2.38. The Bertz CT molecular complexity index is 873. The summed E-state index contributed by atoms with van der Waals surface area (Å²) >= 11 is 0. The van der Waals surface area contributed by atoms with Crippen molar-refractivity contribution in [2.45, 2.75) is 38.3 Å². The monoisotopic (exact) mass is 323 g/mol. The molecular formula is C14H17N3O6. The molecular weight excluding hydrogens is 306 g/mol. The minimum atomic E-state index is -1.36. The number of aryl methyl sites for hydroxylation is 1. The molecule has 9 nitrogen and oxygen atoms in total. The predicted molar refractivity (Wildman–Crippen MR) is 78.3 cm³/mol. The van der Waals surface area contributed by atoms with E-state index in [0.29, 0.717) is 11.3 Å². The summed E-state index contributed by atoms with van der Waals surface area (Å²) in [5.41, 5.74) is 0.0765. The van der Waals surface area contributed by atoms with Gasteiger partial charge in [-0.2, -0.15) is 4.98 Å². The third-order valence-electron chi connectivity index (χ3n) is 4.27. The van der Waals surface area contributed by atoms with E-state index in [2.05, 4.69) is 9.97 Å². The minimum absolute atomic E-state index is 0.0412. The quantitative estimate of drug-likeness (QED) is 0.509. The Hall–Kier alpha value is -2.07. The number of aromatic nitrogens is 3. The van der Waals surface area contributed by atoms with Crippen molar-refractivity contribution in [1.29, 1.82) is 0 Å². The molecule has 9 heteroatoms. The van der Waals surface area contributed by atoms with Crippen molar-refractivity contribution in [2.75, 3.05) is 6.61 Å². The van der Waals surface area contributed by atoms with Crippen LogP contribution in [0.4, 0.5) is 0 Å². The van der Waals surface area contributed by atoms with Gasteiger partial charge in [0.1, 0.15) is 24.4 Å². The number of aliphatic hydroxyl groups is 3. The van der Waals surface area contributed by atoms with Gasteiger partial charge in [0.15, 0.2) is 0 Å². The molecule has 3 rings (SSSR count). The van der Waals surface area contributed by atoms with Gasteiger partial charge in [-0.15, -0.1) is 0 Å². The fraction of sp³-hybridized carbons (Fsp3) is 0.500. The smallest absolute Gasteiger partial charge is 0.280 e. The van der Waals surface area contributed by atoms with Crippen LogP contribution in [0, 0.1) is 13.8 Å². The Morgan fingerprint density at radius 1 is 1.30 bits per heavy atom. The fourth-order valence-electron chi connectivity index (χ4n) is 2.71. The van der Waals surface area contributed by atoms with Gasteiger partial charge in [0.2, 0.25) is 5.78 Å². The van der Waals surface area contributed by atoms with Crippen molar-refractivity contribution >= 4 is 5.78 Å². The summed E-state index contributed by atoms with van der Waals surface area (Å²) in [4.78, 5) is 30.3. The molecule has 0 radical (unpaired) electrons. The summed E-state index contributed by atoms with van der Waals surface area (Å²) in [7, 11) is 0. The Morgan fingerprint density at radius 2 is 2.00 bits per heavy atom. The summed E-state index contributed by atoms with van der Waals surface area (Å²) in [5.74, 6) is 0.0820. The average molecular weight is 323 g/mol. The second-order valence-corrected chi connectivity index (χ2v) is 5.62. The number of nitrogens with one attached hydrogen (secondary N) is 1. The van der Waals surface area contributed by atoms with Crippen LogP contribution < -0.4 is 11.1 Å². The van der Waals surface area contributed by atoms with Gasteiger partial charge in [-0.25, -0.2) is 0 Å². The van der Waals surface area contributed by atoms with Gasteiger partial charge in [0, 0.05) is 17.5 Å². The zero-order valence-corrected chi connectivity index (χ0v) is 12.6. The average Bonchev–Trinajstić information content (AvgIpc) is 2.80. The van der Waals surface area contributed by atoms with Crippen molar-refractivity contribution in [2.24, 2.45) is 0 Å². The van der Waals surface area contributed by atoms with Crippen LogP contribution in [0.1, 0.15) is 22.9 Å². The second-order valence-electron chi connectivity index (χ2n) is 5.62. The minimum Gasteiger partial charge on any atom is -0.394 e. The van der Waals surface area contributed by atoms with Gasteiger partial charge < -0.3 is 20.1 Å². The van der Waals surface area contributed by atoms with Crippen molar-refractivity contribution in [1.82, 2.24) is 14.4 Å². The number of fused-ring (bicyclic) bond motifs is 1. The van der Waals surface area contributed by atoms with Crippen LogP contribution in [-0.4, -0.2) is 54.6 Å². The molecule has 0 aromatic carbocycles. The summed E-state index contributed by atoms with van der Waals surface area (Å²) < 4.78 is 6.89. The highest BCUT2D eigenvalue weighted by atomic mass is 16.6. The van der Waals surface area contributed by atoms with E-state index < -0.39 is 36.6 Å². The molecule has 4 N–H and O–H groups in total. The van der Waals surface area contributed by atoms with Gasteiger partial charge in [-0.3, -0.25) is 19.0 Å². The maximum absolute atomic E-state index is 12.2. The number of ether oxygens (including phenoxy) is 1. The number of nitrogens with zero attached hydrogens (tertiary/aromatic N) is 2. The fourth-order valence-corrected chi connectivity index (χ4v) is 2.71. The highest BCUT2D eigenvalue weighted by molar-refractivity contribution is 5.35. The molecule has 0 aliphatic carbocycles. The van der Waals surface area contributed by atoms with Gasteiger partial charge in [-0.05, 0) is 13.8 Å². The Balaban J connectivity index is 2.18. The number of rotatable bonds is 2. The molecule has 2 aromatic rings. The molecule has 3 heterocycles. The van der Waals surface area contributed by atoms with Crippen LogP contribution in [0.2, 0.25) is 0 Å². The van der Waals surface area contributed by atoms with Crippen LogP contribution in [0.5, 0.6) is 0 Å². The van der Waals surface area contributed by atoms with E-state index in [4.69, 9.17) is 9.84 Å². The van der Waals surface area contributed by atoms with E-state index >= 15 is 0 Å². The zero-order valence-electron chi connectivity index (χ0n) is 12.6. The lowest BCUT2D eigenvalue weighted by molar-refractivity contribution is -0.0232. The molecule has 2 aromatic heterocycles. The van der Waals surface area contributed by atoms with Crippen LogP contribution in [0.3, 0.4) is 0 Å². The molecule has 4 atom stereocenters. The first-order valence-electron chi connectivity index (χ1n) is 7.10. The van der Waals surface area contributed by atoms with E-state index in [0.717, 1.165) is 0 Å². The Labute approximate surface area is 129 Å². The molecule has 124 valence electrons. The lowest BCUT2D eigenvalue weighted by Gasteiger charge is -2.15. The number of hydrogen-bond donors (Lipinski definition) is 4. The van der Waals surface area contributed by atoms with Crippen LogP contribution in [0.25, 0.3) is 5.78 Å². The Kier molecular flexibility index (Phi) is 3.80. The summed E-state index contributed by atoms with van der Waals surface area (Å²) in [6.07, 6.45) is -3.32. The lowest BCUT2D eigenvalue weighted by Crippen LogP contribution is -2.33. The second kappa shape index (κ2) is 5.53. The van der Waals surface area contributed by atoms with Gasteiger partial charge in [0.25, 0.3) is 11.1 Å². The summed E-state index contributed by atoms with van der Waals surface area (Å²) in [6.45, 7) is 2.85. The summed E-state index contributed by atoms with van der Waals surface area (Å²) in [6, 6.07) is 0. The number of hydrogen-bond acceptors (Lipinski definition) is 7. The van der Waals surface area contributed by atoms with E-state index in [1.54, 1.807) is 13.8 Å². The molecule has 2 unspecified atom stereocenters. The van der Waals surface area contributed by atoms with Crippen LogP contribution in [0.15, 0.2) is 15.8 Å². The predicted octanol–water partition coefficient (Wildman–Crippen LogP) is -1.85. The number of aliphatic hydroxyl groups excluding tert-OH is 3. The normalized spacial score (nSPS) is 27.7. The molecule has 0 bridgehead atoms. The zero-order chi connectivity index (χ0) is 16.9. The van der Waals surface area contributed by atoms with Crippen LogP contribution >= 0.6 is 0 Å². The Morgan fingerprint density at radius 3 is 2.61 bits per heavy atom. The SMILES string of the molecule is Cc1c(C)n2cc([C@@H]3O[C@H](CO)C(O)C3O)c(=O)nc2[nH]c1=O. The lowest BCUT2D eigenvalue weighted by atomic mass is 10.0. The van der Waals surface area contributed by atoms with Crippen molar-refractivity contribution < 1.29 is 20.1 Å².